The molecule has 0 spiro atoms. The van der Waals surface area contributed by atoms with Crippen LogP contribution in [0.5, 0.6) is 5.75 Å². The molecule has 1 aromatic carbocycles. The summed E-state index contributed by atoms with van der Waals surface area (Å²) in [5.41, 5.74) is 0.634. The van der Waals surface area contributed by atoms with Crippen LogP contribution in [0.1, 0.15) is 32.3 Å². The monoisotopic (exact) mass is 281 g/mol. The molecule has 0 saturated carbocycles. The van der Waals surface area contributed by atoms with Gasteiger partial charge in [0.2, 0.25) is 0 Å². The molecule has 3 nitrogen and oxygen atoms in total. The van der Waals surface area contributed by atoms with Gasteiger partial charge in [-0.05, 0) is 31.4 Å². The van der Waals surface area contributed by atoms with E-state index in [0.717, 1.165) is 19.4 Å². The van der Waals surface area contributed by atoms with Crippen molar-refractivity contribution >= 4 is 0 Å². The molecule has 1 aliphatic rings. The first-order chi connectivity index (χ1) is 9.54. The third-order valence-corrected chi connectivity index (χ3v) is 3.53. The molecular weight excluding hydrogens is 257 g/mol. The van der Waals surface area contributed by atoms with Crippen LogP contribution in [0.25, 0.3) is 0 Å². The van der Waals surface area contributed by atoms with Gasteiger partial charge in [0, 0.05) is 18.7 Å². The van der Waals surface area contributed by atoms with Crippen molar-refractivity contribution in [2.45, 2.75) is 51.9 Å². The Morgan fingerprint density at radius 3 is 2.80 bits per heavy atom. The average Bonchev–Trinajstić information content (AvgIpc) is 2.86. The van der Waals surface area contributed by atoms with Crippen molar-refractivity contribution < 1.29 is 13.9 Å². The standard InChI is InChI=1S/C16H24FNO2/c1-11(2)18-9-14-6-7-15(20-14)10-19-13-5-4-12(3)16(17)8-13/h4-5,8,11,14-15,18H,6-7,9-10H2,1-3H3. The Hall–Kier alpha value is -1.13. The van der Waals surface area contributed by atoms with Crippen molar-refractivity contribution in [2.24, 2.45) is 0 Å². The lowest BCUT2D eigenvalue weighted by Crippen LogP contribution is -2.32. The van der Waals surface area contributed by atoms with E-state index in [-0.39, 0.29) is 18.0 Å². The van der Waals surface area contributed by atoms with Crippen LogP contribution < -0.4 is 10.1 Å². The van der Waals surface area contributed by atoms with Crippen molar-refractivity contribution in [2.75, 3.05) is 13.2 Å². The number of rotatable bonds is 6. The number of ether oxygens (including phenoxy) is 2. The molecule has 0 radical (unpaired) electrons. The minimum atomic E-state index is -0.228. The van der Waals surface area contributed by atoms with E-state index < -0.39 is 0 Å². The number of halogens is 1. The fourth-order valence-corrected chi connectivity index (χ4v) is 2.27. The number of nitrogens with one attached hydrogen (secondary N) is 1. The Balaban J connectivity index is 1.73. The minimum absolute atomic E-state index is 0.110. The molecule has 0 bridgehead atoms. The van der Waals surface area contributed by atoms with E-state index in [4.69, 9.17) is 9.47 Å². The molecule has 2 rings (SSSR count). The second kappa shape index (κ2) is 7.04. The molecule has 112 valence electrons. The maximum absolute atomic E-state index is 13.4. The molecule has 1 N–H and O–H groups in total. The van der Waals surface area contributed by atoms with E-state index in [2.05, 4.69) is 19.2 Å². The van der Waals surface area contributed by atoms with Crippen LogP contribution in [0.3, 0.4) is 0 Å². The summed E-state index contributed by atoms with van der Waals surface area (Å²) < 4.78 is 24.9. The zero-order valence-corrected chi connectivity index (χ0v) is 12.5. The molecular formula is C16H24FNO2. The fourth-order valence-electron chi connectivity index (χ4n) is 2.27. The lowest BCUT2D eigenvalue weighted by molar-refractivity contribution is 0.0178. The van der Waals surface area contributed by atoms with Crippen molar-refractivity contribution in [3.8, 4) is 5.75 Å². The van der Waals surface area contributed by atoms with Crippen LogP contribution in [0, 0.1) is 12.7 Å². The van der Waals surface area contributed by atoms with Gasteiger partial charge in [0.15, 0.2) is 0 Å². The van der Waals surface area contributed by atoms with Crippen LogP contribution in [-0.4, -0.2) is 31.4 Å². The van der Waals surface area contributed by atoms with Gasteiger partial charge in [0.25, 0.3) is 0 Å². The topological polar surface area (TPSA) is 30.5 Å². The van der Waals surface area contributed by atoms with Gasteiger partial charge in [-0.3, -0.25) is 0 Å². The largest absolute Gasteiger partial charge is 0.491 e. The van der Waals surface area contributed by atoms with E-state index >= 15 is 0 Å². The average molecular weight is 281 g/mol. The van der Waals surface area contributed by atoms with Gasteiger partial charge in [-0.1, -0.05) is 19.9 Å². The number of aryl methyl sites for hydroxylation is 1. The summed E-state index contributed by atoms with van der Waals surface area (Å²) in [5.74, 6) is 0.342. The first kappa shape index (κ1) is 15.3. The molecule has 1 aliphatic heterocycles. The van der Waals surface area contributed by atoms with Gasteiger partial charge >= 0.3 is 0 Å². The number of hydrogen-bond donors (Lipinski definition) is 1. The van der Waals surface area contributed by atoms with E-state index in [1.165, 1.54) is 6.07 Å². The van der Waals surface area contributed by atoms with Gasteiger partial charge in [-0.2, -0.15) is 0 Å². The van der Waals surface area contributed by atoms with E-state index in [1.807, 2.05) is 0 Å². The number of benzene rings is 1. The van der Waals surface area contributed by atoms with Crippen LogP contribution in [0.15, 0.2) is 18.2 Å². The highest BCUT2D eigenvalue weighted by molar-refractivity contribution is 5.27. The molecule has 1 aromatic rings. The molecule has 1 heterocycles. The summed E-state index contributed by atoms with van der Waals surface area (Å²) in [6.45, 7) is 7.36. The van der Waals surface area contributed by atoms with E-state index in [0.29, 0.717) is 24.0 Å². The Labute approximate surface area is 120 Å². The lowest BCUT2D eigenvalue weighted by atomic mass is 10.2. The molecule has 2 atom stereocenters. The molecule has 0 aromatic heterocycles. The smallest absolute Gasteiger partial charge is 0.129 e. The third kappa shape index (κ3) is 4.46. The lowest BCUT2D eigenvalue weighted by Gasteiger charge is -2.16. The fraction of sp³-hybridized carbons (Fsp3) is 0.625. The van der Waals surface area contributed by atoms with Crippen molar-refractivity contribution in [1.82, 2.24) is 5.32 Å². The zero-order valence-electron chi connectivity index (χ0n) is 12.5. The highest BCUT2D eigenvalue weighted by Crippen LogP contribution is 2.21. The van der Waals surface area contributed by atoms with Crippen molar-refractivity contribution in [3.63, 3.8) is 0 Å². The Kier molecular flexibility index (Phi) is 5.38. The molecule has 2 unspecified atom stereocenters. The first-order valence-corrected chi connectivity index (χ1v) is 7.32. The molecule has 1 fully saturated rings. The summed E-state index contributed by atoms with van der Waals surface area (Å²) in [7, 11) is 0. The summed E-state index contributed by atoms with van der Waals surface area (Å²) in [5, 5.41) is 3.38. The summed E-state index contributed by atoms with van der Waals surface area (Å²) in [6, 6.07) is 5.44. The van der Waals surface area contributed by atoms with Crippen molar-refractivity contribution in [1.29, 1.82) is 0 Å². The summed E-state index contributed by atoms with van der Waals surface area (Å²) in [6.07, 6.45) is 2.42. The minimum Gasteiger partial charge on any atom is -0.491 e. The Morgan fingerprint density at radius 1 is 1.35 bits per heavy atom. The van der Waals surface area contributed by atoms with Crippen LogP contribution in [0.2, 0.25) is 0 Å². The quantitative estimate of drug-likeness (QED) is 0.869. The summed E-state index contributed by atoms with van der Waals surface area (Å²) in [4.78, 5) is 0. The van der Waals surface area contributed by atoms with Gasteiger partial charge in [-0.15, -0.1) is 0 Å². The summed E-state index contributed by atoms with van der Waals surface area (Å²) >= 11 is 0. The predicted octanol–water partition coefficient (Wildman–Crippen LogP) is 3.06. The maximum Gasteiger partial charge on any atom is 0.129 e. The second-order valence-electron chi connectivity index (χ2n) is 5.74. The first-order valence-electron chi connectivity index (χ1n) is 7.32. The van der Waals surface area contributed by atoms with Crippen LogP contribution in [0.4, 0.5) is 4.39 Å². The molecule has 4 heteroatoms. The van der Waals surface area contributed by atoms with Crippen molar-refractivity contribution in [3.05, 3.63) is 29.6 Å². The van der Waals surface area contributed by atoms with E-state index in [1.54, 1.807) is 19.1 Å². The molecule has 0 aliphatic carbocycles. The van der Waals surface area contributed by atoms with Gasteiger partial charge in [-0.25, -0.2) is 4.39 Å². The zero-order chi connectivity index (χ0) is 14.5. The number of hydrogen-bond acceptors (Lipinski definition) is 3. The van der Waals surface area contributed by atoms with Gasteiger partial charge in [0.1, 0.15) is 18.2 Å². The van der Waals surface area contributed by atoms with Crippen LogP contribution >= 0.6 is 0 Å². The normalized spacial score (nSPS) is 22.4. The molecule has 0 amide bonds. The second-order valence-corrected chi connectivity index (χ2v) is 5.74. The maximum atomic E-state index is 13.4. The SMILES string of the molecule is Cc1ccc(OCC2CCC(CNC(C)C)O2)cc1F. The van der Waals surface area contributed by atoms with Gasteiger partial charge in [0.05, 0.1) is 12.2 Å². The Morgan fingerprint density at radius 2 is 2.10 bits per heavy atom. The van der Waals surface area contributed by atoms with E-state index in [9.17, 15) is 4.39 Å². The Bertz CT molecular complexity index is 436. The highest BCUT2D eigenvalue weighted by Gasteiger charge is 2.25. The highest BCUT2D eigenvalue weighted by atomic mass is 19.1. The third-order valence-electron chi connectivity index (χ3n) is 3.53. The van der Waals surface area contributed by atoms with Crippen LogP contribution in [-0.2, 0) is 4.74 Å². The predicted molar refractivity (Wildman–Crippen MR) is 77.7 cm³/mol. The molecule has 20 heavy (non-hydrogen) atoms. The van der Waals surface area contributed by atoms with Gasteiger partial charge < -0.3 is 14.8 Å². The molecule has 1 saturated heterocycles.